The molecule has 1 heterocycles. The molecule has 2 aliphatic rings. The van der Waals surface area contributed by atoms with Crippen LogP contribution in [0, 0.1) is 11.3 Å². The quantitative estimate of drug-likeness (QED) is 0.805. The third kappa shape index (κ3) is 3.61. The first-order valence-corrected chi connectivity index (χ1v) is 7.16. The largest absolute Gasteiger partial charge is 0.481 e. The van der Waals surface area contributed by atoms with E-state index in [4.69, 9.17) is 5.11 Å². The van der Waals surface area contributed by atoms with Gasteiger partial charge >= 0.3 is 12.0 Å². The van der Waals surface area contributed by atoms with Crippen LogP contribution in [0.4, 0.5) is 4.79 Å². The first-order chi connectivity index (χ1) is 8.87. The lowest BCUT2D eigenvalue weighted by atomic mass is 9.76. The minimum Gasteiger partial charge on any atom is -0.481 e. The number of hydrogen-bond acceptors (Lipinski definition) is 2. The van der Waals surface area contributed by atoms with Gasteiger partial charge in [-0.15, -0.1) is 0 Å². The van der Waals surface area contributed by atoms with E-state index in [0.29, 0.717) is 24.9 Å². The van der Waals surface area contributed by atoms with Crippen LogP contribution in [0.1, 0.15) is 46.0 Å². The maximum Gasteiger partial charge on any atom is 0.317 e. The van der Waals surface area contributed by atoms with E-state index in [2.05, 4.69) is 19.2 Å². The summed E-state index contributed by atoms with van der Waals surface area (Å²) in [6, 6.07) is 0.165. The van der Waals surface area contributed by atoms with Gasteiger partial charge in [-0.2, -0.15) is 0 Å². The van der Waals surface area contributed by atoms with E-state index in [1.54, 1.807) is 4.90 Å². The van der Waals surface area contributed by atoms with Crippen LogP contribution in [-0.2, 0) is 4.79 Å². The Bertz CT molecular complexity index is 358. The van der Waals surface area contributed by atoms with Gasteiger partial charge in [-0.25, -0.2) is 4.79 Å². The lowest BCUT2D eigenvalue weighted by Gasteiger charge is -2.35. The van der Waals surface area contributed by atoms with Crippen LogP contribution in [0.25, 0.3) is 0 Å². The van der Waals surface area contributed by atoms with Crippen molar-refractivity contribution in [3.63, 3.8) is 0 Å². The number of nitrogens with zero attached hydrogens (tertiary/aromatic N) is 1. The molecule has 0 bridgehead atoms. The maximum atomic E-state index is 12.1. The topological polar surface area (TPSA) is 69.6 Å². The summed E-state index contributed by atoms with van der Waals surface area (Å²) in [6.07, 6.45) is 4.88. The van der Waals surface area contributed by atoms with Crippen molar-refractivity contribution in [2.24, 2.45) is 11.3 Å². The van der Waals surface area contributed by atoms with E-state index < -0.39 is 11.9 Å². The third-order valence-corrected chi connectivity index (χ3v) is 4.49. The van der Waals surface area contributed by atoms with E-state index >= 15 is 0 Å². The Hall–Kier alpha value is -1.26. The highest BCUT2D eigenvalue weighted by Gasteiger charge is 2.33. The Kier molecular flexibility index (Phi) is 4.02. The zero-order valence-corrected chi connectivity index (χ0v) is 11.8. The van der Waals surface area contributed by atoms with Crippen molar-refractivity contribution in [1.82, 2.24) is 10.2 Å². The summed E-state index contributed by atoms with van der Waals surface area (Å²) in [7, 11) is 0. The average molecular weight is 268 g/mol. The van der Waals surface area contributed by atoms with Gasteiger partial charge < -0.3 is 15.3 Å². The summed E-state index contributed by atoms with van der Waals surface area (Å²) in [5.41, 5.74) is 0.392. The van der Waals surface area contributed by atoms with Gasteiger partial charge in [0.2, 0.25) is 0 Å². The minimum absolute atomic E-state index is 0.0894. The fraction of sp³-hybridized carbons (Fsp3) is 0.857. The predicted octanol–water partition coefficient (Wildman–Crippen LogP) is 2.07. The molecule has 0 aromatic carbocycles. The van der Waals surface area contributed by atoms with Crippen LogP contribution in [0.5, 0.6) is 0 Å². The molecule has 1 saturated heterocycles. The average Bonchev–Trinajstić information content (AvgIpc) is 2.81. The van der Waals surface area contributed by atoms with Crippen LogP contribution >= 0.6 is 0 Å². The minimum atomic E-state index is -0.797. The number of hydrogen-bond donors (Lipinski definition) is 2. The molecule has 2 N–H and O–H groups in total. The molecule has 0 aromatic rings. The van der Waals surface area contributed by atoms with Gasteiger partial charge in [0.05, 0.1) is 5.92 Å². The van der Waals surface area contributed by atoms with Crippen molar-refractivity contribution in [2.75, 3.05) is 13.1 Å². The molecular weight excluding hydrogens is 244 g/mol. The standard InChI is InChI=1S/C14H24N2O3/c1-14(2)6-3-11(4-7-14)15-13(19)16-8-5-10(9-16)12(17)18/h10-11H,3-9H2,1-2H3,(H,15,19)(H,17,18). The van der Waals surface area contributed by atoms with Gasteiger partial charge in [0.1, 0.15) is 0 Å². The van der Waals surface area contributed by atoms with Gasteiger partial charge in [0.15, 0.2) is 0 Å². The Labute approximate surface area is 114 Å². The van der Waals surface area contributed by atoms with Gasteiger partial charge in [-0.1, -0.05) is 13.8 Å². The zero-order chi connectivity index (χ0) is 14.0. The van der Waals surface area contributed by atoms with Crippen LogP contribution in [0.15, 0.2) is 0 Å². The summed E-state index contributed by atoms with van der Waals surface area (Å²) in [5.74, 6) is -1.19. The molecule has 1 atom stereocenters. The molecule has 2 rings (SSSR count). The van der Waals surface area contributed by atoms with Crippen molar-refractivity contribution in [1.29, 1.82) is 0 Å². The number of rotatable bonds is 2. The number of nitrogens with one attached hydrogen (secondary N) is 1. The summed E-state index contributed by atoms with van der Waals surface area (Å²) < 4.78 is 0. The molecule has 2 amide bonds. The number of carboxylic acids is 1. The molecule has 2 fully saturated rings. The molecule has 5 nitrogen and oxygen atoms in total. The molecule has 19 heavy (non-hydrogen) atoms. The maximum absolute atomic E-state index is 12.1. The normalized spacial score (nSPS) is 27.3. The second-order valence-electron chi connectivity index (χ2n) is 6.66. The molecular formula is C14H24N2O3. The third-order valence-electron chi connectivity index (χ3n) is 4.49. The van der Waals surface area contributed by atoms with Gasteiger partial charge in [0.25, 0.3) is 0 Å². The Morgan fingerprint density at radius 3 is 2.37 bits per heavy atom. The second kappa shape index (κ2) is 5.39. The fourth-order valence-electron chi connectivity index (χ4n) is 2.96. The number of carbonyl (C=O) groups is 2. The number of carboxylic acid groups (broad SMARTS) is 1. The van der Waals surface area contributed by atoms with E-state index in [9.17, 15) is 9.59 Å². The smallest absolute Gasteiger partial charge is 0.317 e. The summed E-state index contributed by atoms with van der Waals surface area (Å²) >= 11 is 0. The lowest BCUT2D eigenvalue weighted by Crippen LogP contribution is -2.46. The predicted molar refractivity (Wildman–Crippen MR) is 71.9 cm³/mol. The molecule has 108 valence electrons. The molecule has 0 spiro atoms. The van der Waals surface area contributed by atoms with Crippen LogP contribution < -0.4 is 5.32 Å². The summed E-state index contributed by atoms with van der Waals surface area (Å²) in [6.45, 7) is 5.44. The van der Waals surface area contributed by atoms with Gasteiger partial charge in [0, 0.05) is 19.1 Å². The Balaban J connectivity index is 1.78. The molecule has 1 saturated carbocycles. The monoisotopic (exact) mass is 268 g/mol. The van der Waals surface area contributed by atoms with E-state index in [1.165, 1.54) is 0 Å². The van der Waals surface area contributed by atoms with Crippen molar-refractivity contribution in [3.8, 4) is 0 Å². The molecule has 1 unspecified atom stereocenters. The Morgan fingerprint density at radius 1 is 1.21 bits per heavy atom. The molecule has 0 aromatic heterocycles. The van der Waals surface area contributed by atoms with Crippen molar-refractivity contribution in [2.45, 2.75) is 52.0 Å². The van der Waals surface area contributed by atoms with Gasteiger partial charge in [-0.05, 0) is 37.5 Å². The summed E-state index contributed by atoms with van der Waals surface area (Å²) in [5, 5.41) is 12.0. The Morgan fingerprint density at radius 2 is 1.84 bits per heavy atom. The van der Waals surface area contributed by atoms with Crippen molar-refractivity contribution >= 4 is 12.0 Å². The SMILES string of the molecule is CC1(C)CCC(NC(=O)N2CCC(C(=O)O)C2)CC1. The van der Waals surface area contributed by atoms with E-state index in [0.717, 1.165) is 25.7 Å². The highest BCUT2D eigenvalue weighted by Crippen LogP contribution is 2.35. The van der Waals surface area contributed by atoms with Crippen molar-refractivity contribution in [3.05, 3.63) is 0 Å². The number of likely N-dealkylation sites (tertiary alicyclic amines) is 1. The number of aliphatic carboxylic acids is 1. The number of carbonyl (C=O) groups excluding carboxylic acids is 1. The first kappa shape index (κ1) is 14.2. The van der Waals surface area contributed by atoms with E-state index in [-0.39, 0.29) is 12.1 Å². The number of amides is 2. The van der Waals surface area contributed by atoms with Crippen LogP contribution in [0.3, 0.4) is 0 Å². The number of urea groups is 1. The first-order valence-electron chi connectivity index (χ1n) is 7.16. The van der Waals surface area contributed by atoms with Gasteiger partial charge in [-0.3, -0.25) is 4.79 Å². The highest BCUT2D eigenvalue weighted by atomic mass is 16.4. The van der Waals surface area contributed by atoms with Crippen LogP contribution in [-0.4, -0.2) is 41.1 Å². The zero-order valence-electron chi connectivity index (χ0n) is 11.8. The van der Waals surface area contributed by atoms with E-state index in [1.807, 2.05) is 0 Å². The second-order valence-corrected chi connectivity index (χ2v) is 6.66. The van der Waals surface area contributed by atoms with Crippen molar-refractivity contribution < 1.29 is 14.7 Å². The molecule has 1 aliphatic carbocycles. The van der Waals surface area contributed by atoms with Crippen LogP contribution in [0.2, 0.25) is 0 Å². The molecule has 0 radical (unpaired) electrons. The highest BCUT2D eigenvalue weighted by molar-refractivity contribution is 5.77. The molecule has 5 heteroatoms. The fourth-order valence-corrected chi connectivity index (χ4v) is 2.96. The lowest BCUT2D eigenvalue weighted by molar-refractivity contribution is -0.141. The molecule has 1 aliphatic heterocycles. The summed E-state index contributed by atoms with van der Waals surface area (Å²) in [4.78, 5) is 24.6.